The zero-order valence-corrected chi connectivity index (χ0v) is 19.6. The van der Waals surface area contributed by atoms with Gasteiger partial charge in [0.15, 0.2) is 17.5 Å². The summed E-state index contributed by atoms with van der Waals surface area (Å²) in [6.45, 7) is 7.77. The van der Waals surface area contributed by atoms with E-state index in [-0.39, 0.29) is 0 Å². The van der Waals surface area contributed by atoms with Gasteiger partial charge < -0.3 is 24.5 Å². The first-order chi connectivity index (χ1) is 15.5. The number of hydrogen-bond acceptors (Lipinski definition) is 6. The summed E-state index contributed by atoms with van der Waals surface area (Å²) in [5, 5.41) is 19.2. The second kappa shape index (κ2) is 11.3. The van der Waals surface area contributed by atoms with Gasteiger partial charge in [0.2, 0.25) is 0 Å². The lowest BCUT2D eigenvalue weighted by Crippen LogP contribution is -2.37. The molecule has 2 N–H and O–H groups in total. The second-order valence-corrected chi connectivity index (χ2v) is 7.67. The number of methoxy groups -OCH3 is 1. The van der Waals surface area contributed by atoms with E-state index >= 15 is 0 Å². The minimum Gasteiger partial charge on any atom is -0.497 e. The molecule has 3 rings (SSSR count). The maximum Gasteiger partial charge on any atom is 0.192 e. The van der Waals surface area contributed by atoms with Crippen LogP contribution in [0.5, 0.6) is 5.75 Å². The third-order valence-electron chi connectivity index (χ3n) is 5.59. The van der Waals surface area contributed by atoms with Gasteiger partial charge in [0.05, 0.1) is 32.4 Å². The number of aryl methyl sites for hydroxylation is 1. The molecule has 9 nitrogen and oxygen atoms in total. The molecule has 0 saturated heterocycles. The fourth-order valence-corrected chi connectivity index (χ4v) is 3.33. The molecule has 0 unspecified atom stereocenters. The van der Waals surface area contributed by atoms with Crippen molar-refractivity contribution >= 4 is 5.96 Å². The number of nitrogens with zero attached hydrogens (tertiary/aromatic N) is 5. The average Bonchev–Trinajstić information content (AvgIpc) is 3.41. The summed E-state index contributed by atoms with van der Waals surface area (Å²) in [5.41, 5.74) is 2.09. The Morgan fingerprint density at radius 1 is 1.12 bits per heavy atom. The smallest absolute Gasteiger partial charge is 0.192 e. The van der Waals surface area contributed by atoms with E-state index in [1.165, 1.54) is 0 Å². The van der Waals surface area contributed by atoms with Crippen molar-refractivity contribution in [2.24, 2.45) is 12.0 Å². The molecule has 0 radical (unpaired) electrons. The van der Waals surface area contributed by atoms with Crippen molar-refractivity contribution in [1.29, 1.82) is 0 Å². The van der Waals surface area contributed by atoms with Crippen molar-refractivity contribution < 1.29 is 9.26 Å². The molecular weight excluding hydrogens is 406 g/mol. The number of ether oxygens (including phenoxy) is 1. The largest absolute Gasteiger partial charge is 0.497 e. The van der Waals surface area contributed by atoms with E-state index in [9.17, 15) is 0 Å². The van der Waals surface area contributed by atoms with E-state index in [2.05, 4.69) is 39.8 Å². The van der Waals surface area contributed by atoms with Crippen LogP contribution < -0.4 is 15.4 Å². The number of hydrogen-bond donors (Lipinski definition) is 2. The topological polar surface area (TPSA) is 102 Å². The van der Waals surface area contributed by atoms with Crippen molar-refractivity contribution in [2.45, 2.75) is 59.2 Å². The van der Waals surface area contributed by atoms with Crippen molar-refractivity contribution in [3.05, 3.63) is 59.0 Å². The first-order valence-electron chi connectivity index (χ1n) is 11.0. The third-order valence-corrected chi connectivity index (χ3v) is 5.59. The molecule has 2 aromatic heterocycles. The van der Waals surface area contributed by atoms with E-state index in [0.29, 0.717) is 31.5 Å². The molecular formula is C23H33N7O2. The minimum atomic E-state index is 0.424. The van der Waals surface area contributed by atoms with Crippen LogP contribution in [-0.2, 0) is 26.7 Å². The Morgan fingerprint density at radius 3 is 2.47 bits per heavy atom. The maximum absolute atomic E-state index is 5.54. The van der Waals surface area contributed by atoms with Gasteiger partial charge in [-0.05, 0) is 37.5 Å². The summed E-state index contributed by atoms with van der Waals surface area (Å²) in [6, 6.07) is 9.90. The van der Waals surface area contributed by atoms with Crippen LogP contribution in [0.2, 0.25) is 0 Å². The maximum atomic E-state index is 5.54. The van der Waals surface area contributed by atoms with E-state index < -0.39 is 0 Å². The molecule has 9 heteroatoms. The summed E-state index contributed by atoms with van der Waals surface area (Å²) in [4.78, 5) is 4.72. The fourth-order valence-electron chi connectivity index (χ4n) is 3.33. The van der Waals surface area contributed by atoms with E-state index in [1.54, 1.807) is 7.11 Å². The Kier molecular flexibility index (Phi) is 8.24. The van der Waals surface area contributed by atoms with E-state index in [4.69, 9.17) is 14.3 Å². The lowest BCUT2D eigenvalue weighted by Gasteiger charge is -2.12. The predicted octanol–water partition coefficient (Wildman–Crippen LogP) is 3.46. The number of nitrogens with one attached hydrogen (secondary N) is 2. The standard InChI is InChI=1S/C23H33N7O2/c1-6-18(7-2)21-12-20(32-29-21)14-25-23(26-15-22-28-27-16(3)30(22)4)24-13-17-8-10-19(31-5)11-9-17/h8-12,18H,6-7,13-15H2,1-5H3,(H2,24,25,26). The van der Waals surface area contributed by atoms with Gasteiger partial charge in [-0.15, -0.1) is 10.2 Å². The van der Waals surface area contributed by atoms with Gasteiger partial charge in [0, 0.05) is 19.0 Å². The number of aliphatic imine (C=N–C) groups is 1. The molecule has 0 bridgehead atoms. The quantitative estimate of drug-likeness (QED) is 0.368. The monoisotopic (exact) mass is 439 g/mol. The van der Waals surface area contributed by atoms with Crippen molar-refractivity contribution in [3.63, 3.8) is 0 Å². The normalized spacial score (nSPS) is 11.8. The molecule has 0 aliphatic rings. The van der Waals surface area contributed by atoms with E-state index in [1.807, 2.05) is 48.9 Å². The SMILES string of the molecule is CCC(CC)c1cc(CNC(=NCc2ccc(OC)cc2)NCc2nnc(C)n2C)on1. The Labute approximate surface area is 189 Å². The molecule has 0 spiro atoms. The number of guanidine groups is 1. The highest BCUT2D eigenvalue weighted by atomic mass is 16.5. The molecule has 0 fully saturated rings. The van der Waals surface area contributed by atoms with Crippen LogP contribution in [-0.4, -0.2) is 33.0 Å². The summed E-state index contributed by atoms with van der Waals surface area (Å²) in [7, 11) is 3.60. The molecule has 0 aliphatic heterocycles. The summed E-state index contributed by atoms with van der Waals surface area (Å²) >= 11 is 0. The predicted molar refractivity (Wildman–Crippen MR) is 123 cm³/mol. The van der Waals surface area contributed by atoms with Gasteiger partial charge in [-0.1, -0.05) is 31.1 Å². The van der Waals surface area contributed by atoms with Crippen molar-refractivity contribution in [2.75, 3.05) is 7.11 Å². The zero-order valence-electron chi connectivity index (χ0n) is 19.6. The first-order valence-corrected chi connectivity index (χ1v) is 11.0. The highest BCUT2D eigenvalue weighted by Crippen LogP contribution is 2.22. The average molecular weight is 440 g/mol. The molecule has 0 saturated carbocycles. The Morgan fingerprint density at radius 2 is 1.84 bits per heavy atom. The van der Waals surface area contributed by atoms with Crippen LogP contribution in [0.15, 0.2) is 39.8 Å². The number of benzene rings is 1. The van der Waals surface area contributed by atoms with Crippen LogP contribution >= 0.6 is 0 Å². The fraction of sp³-hybridized carbons (Fsp3) is 0.478. The van der Waals surface area contributed by atoms with Crippen molar-refractivity contribution in [3.8, 4) is 5.75 Å². The molecule has 0 aliphatic carbocycles. The van der Waals surface area contributed by atoms with Gasteiger partial charge in [0.1, 0.15) is 11.6 Å². The zero-order chi connectivity index (χ0) is 22.9. The van der Waals surface area contributed by atoms with Crippen LogP contribution in [0.25, 0.3) is 0 Å². The number of aromatic nitrogens is 4. The first kappa shape index (κ1) is 23.3. The van der Waals surface area contributed by atoms with Crippen LogP contribution in [0, 0.1) is 6.92 Å². The molecule has 3 aromatic rings. The van der Waals surface area contributed by atoms with Gasteiger partial charge in [-0.2, -0.15) is 0 Å². The Bertz CT molecular complexity index is 1000. The summed E-state index contributed by atoms with van der Waals surface area (Å²) in [5.74, 6) is 4.37. The van der Waals surface area contributed by atoms with Gasteiger partial charge in [-0.25, -0.2) is 4.99 Å². The lowest BCUT2D eigenvalue weighted by molar-refractivity contribution is 0.368. The molecule has 172 valence electrons. The molecule has 2 heterocycles. The molecule has 32 heavy (non-hydrogen) atoms. The highest BCUT2D eigenvalue weighted by molar-refractivity contribution is 5.79. The lowest BCUT2D eigenvalue weighted by atomic mass is 9.99. The van der Waals surface area contributed by atoms with Crippen LogP contribution in [0.3, 0.4) is 0 Å². The van der Waals surface area contributed by atoms with Gasteiger partial charge in [0.25, 0.3) is 0 Å². The molecule has 0 atom stereocenters. The summed E-state index contributed by atoms with van der Waals surface area (Å²) in [6.07, 6.45) is 2.09. The third kappa shape index (κ3) is 6.09. The van der Waals surface area contributed by atoms with E-state index in [0.717, 1.165) is 47.3 Å². The molecule has 0 amide bonds. The highest BCUT2D eigenvalue weighted by Gasteiger charge is 2.13. The van der Waals surface area contributed by atoms with Crippen molar-refractivity contribution in [1.82, 2.24) is 30.6 Å². The summed E-state index contributed by atoms with van der Waals surface area (Å²) < 4.78 is 12.7. The minimum absolute atomic E-state index is 0.424. The van der Waals surface area contributed by atoms with Gasteiger partial charge >= 0.3 is 0 Å². The Hall–Kier alpha value is -3.36. The van der Waals surface area contributed by atoms with Crippen LogP contribution in [0.1, 0.15) is 61.3 Å². The number of rotatable bonds is 10. The van der Waals surface area contributed by atoms with Gasteiger partial charge in [-0.3, -0.25) is 0 Å². The molecule has 1 aromatic carbocycles. The Balaban J connectivity index is 1.68. The second-order valence-electron chi connectivity index (χ2n) is 7.67. The van der Waals surface area contributed by atoms with Crippen LogP contribution in [0.4, 0.5) is 0 Å².